The Morgan fingerprint density at radius 2 is 2.00 bits per heavy atom. The van der Waals surface area contributed by atoms with Gasteiger partial charge in [-0.15, -0.1) is 0 Å². The van der Waals surface area contributed by atoms with Gasteiger partial charge in [-0.25, -0.2) is 4.98 Å². The molecule has 0 amide bonds. The highest BCUT2D eigenvalue weighted by Gasteiger charge is 2.32. The zero-order chi connectivity index (χ0) is 13.1. The van der Waals surface area contributed by atoms with E-state index in [9.17, 15) is 18.3 Å². The van der Waals surface area contributed by atoms with Crippen LogP contribution in [0.5, 0.6) is 0 Å². The summed E-state index contributed by atoms with van der Waals surface area (Å²) >= 11 is 0. The number of aromatic nitrogens is 1. The predicted molar refractivity (Wildman–Crippen MR) is 57.3 cm³/mol. The molecule has 0 aliphatic carbocycles. The molecule has 1 aromatic heterocycles. The molecular weight excluding hydrogens is 233 g/mol. The molecule has 0 saturated heterocycles. The Morgan fingerprint density at radius 3 is 2.53 bits per heavy atom. The van der Waals surface area contributed by atoms with Gasteiger partial charge < -0.3 is 10.4 Å². The lowest BCUT2D eigenvalue weighted by molar-refractivity contribution is -0.141. The number of nitrogens with one attached hydrogen (secondary N) is 1. The highest BCUT2D eigenvalue weighted by atomic mass is 19.4. The minimum atomic E-state index is -4.48. The van der Waals surface area contributed by atoms with Crippen molar-refractivity contribution in [2.75, 3.05) is 6.54 Å². The Kier molecular flexibility index (Phi) is 4.47. The number of hydrogen-bond donors (Lipinski definition) is 2. The number of aliphatic hydroxyl groups excluding tert-OH is 1. The van der Waals surface area contributed by atoms with Crippen LogP contribution in [0.2, 0.25) is 0 Å². The molecule has 0 saturated carbocycles. The number of halogens is 3. The first-order valence-electron chi connectivity index (χ1n) is 5.26. The highest BCUT2D eigenvalue weighted by molar-refractivity contribution is 5.15. The van der Waals surface area contributed by atoms with Crippen molar-refractivity contribution in [3.63, 3.8) is 0 Å². The van der Waals surface area contributed by atoms with Crippen molar-refractivity contribution < 1.29 is 18.3 Å². The summed E-state index contributed by atoms with van der Waals surface area (Å²) in [4.78, 5) is 3.41. The van der Waals surface area contributed by atoms with Gasteiger partial charge >= 0.3 is 6.18 Å². The number of alkyl halides is 3. The minimum Gasteiger partial charge on any atom is -0.385 e. The molecule has 0 fully saturated rings. The number of hydrogen-bond acceptors (Lipinski definition) is 3. The van der Waals surface area contributed by atoms with E-state index in [2.05, 4.69) is 10.3 Å². The van der Waals surface area contributed by atoms with E-state index in [0.29, 0.717) is 0 Å². The zero-order valence-electron chi connectivity index (χ0n) is 9.62. The molecule has 0 spiro atoms. The Hall–Kier alpha value is -1.14. The van der Waals surface area contributed by atoms with Gasteiger partial charge in [0.15, 0.2) is 0 Å². The van der Waals surface area contributed by atoms with Crippen LogP contribution < -0.4 is 5.32 Å². The Balaban J connectivity index is 2.77. The van der Waals surface area contributed by atoms with Crippen LogP contribution in [0.1, 0.15) is 31.3 Å². The van der Waals surface area contributed by atoms with Crippen molar-refractivity contribution in [3.05, 3.63) is 29.6 Å². The van der Waals surface area contributed by atoms with Crippen LogP contribution in [0.25, 0.3) is 0 Å². The lowest BCUT2D eigenvalue weighted by atomic mass is 10.2. The summed E-state index contributed by atoms with van der Waals surface area (Å²) in [6, 6.07) is 3.65. The van der Waals surface area contributed by atoms with Gasteiger partial charge in [-0.2, -0.15) is 13.2 Å². The van der Waals surface area contributed by atoms with E-state index in [1.807, 2.05) is 13.8 Å². The fourth-order valence-electron chi connectivity index (χ4n) is 1.25. The summed E-state index contributed by atoms with van der Waals surface area (Å²) in [5, 5.41) is 12.6. The Bertz CT molecular complexity index is 366. The van der Waals surface area contributed by atoms with Gasteiger partial charge in [0.05, 0.1) is 5.69 Å². The standard InChI is InChI=1S/C11H15F3N2O/c1-7(2)15-6-9(17)8-4-3-5-10(16-8)11(12,13)14/h3-5,7,9,15,17H,6H2,1-2H3/t9-/m0/s1. The molecule has 0 aliphatic heterocycles. The average Bonchev–Trinajstić information content (AvgIpc) is 2.25. The molecule has 1 aromatic rings. The van der Waals surface area contributed by atoms with Gasteiger partial charge in [-0.3, -0.25) is 0 Å². The molecule has 0 radical (unpaired) electrons. The zero-order valence-corrected chi connectivity index (χ0v) is 9.62. The number of pyridine rings is 1. The third-order valence-corrected chi connectivity index (χ3v) is 2.12. The van der Waals surface area contributed by atoms with Crippen LogP contribution in [0, 0.1) is 0 Å². The smallest absolute Gasteiger partial charge is 0.385 e. The highest BCUT2D eigenvalue weighted by Crippen LogP contribution is 2.28. The largest absolute Gasteiger partial charge is 0.433 e. The molecule has 1 atom stereocenters. The molecule has 1 heterocycles. The van der Waals surface area contributed by atoms with E-state index in [-0.39, 0.29) is 18.3 Å². The summed E-state index contributed by atoms with van der Waals surface area (Å²) in [6.45, 7) is 3.94. The maximum Gasteiger partial charge on any atom is 0.433 e. The van der Waals surface area contributed by atoms with Gasteiger partial charge in [-0.1, -0.05) is 19.9 Å². The summed E-state index contributed by atoms with van der Waals surface area (Å²) < 4.78 is 37.2. The second kappa shape index (κ2) is 5.46. The Morgan fingerprint density at radius 1 is 1.35 bits per heavy atom. The van der Waals surface area contributed by atoms with Crippen molar-refractivity contribution in [3.8, 4) is 0 Å². The topological polar surface area (TPSA) is 45.1 Å². The summed E-state index contributed by atoms with van der Waals surface area (Å²) in [7, 11) is 0. The molecule has 2 N–H and O–H groups in total. The fourth-order valence-corrected chi connectivity index (χ4v) is 1.25. The van der Waals surface area contributed by atoms with Crippen LogP contribution in [0.15, 0.2) is 18.2 Å². The van der Waals surface area contributed by atoms with Crippen LogP contribution in [-0.4, -0.2) is 22.7 Å². The van der Waals surface area contributed by atoms with Gasteiger partial charge in [0.2, 0.25) is 0 Å². The summed E-state index contributed by atoms with van der Waals surface area (Å²) in [5.41, 5.74) is -0.966. The van der Waals surface area contributed by atoms with E-state index in [1.54, 1.807) is 0 Å². The monoisotopic (exact) mass is 248 g/mol. The molecule has 96 valence electrons. The first-order valence-corrected chi connectivity index (χ1v) is 5.26. The fraction of sp³-hybridized carbons (Fsp3) is 0.545. The summed E-state index contributed by atoms with van der Waals surface area (Å²) in [6.07, 6.45) is -5.53. The first kappa shape index (κ1) is 13.9. The van der Waals surface area contributed by atoms with Gasteiger partial charge in [-0.05, 0) is 12.1 Å². The molecule has 0 aliphatic rings. The maximum atomic E-state index is 12.4. The molecule has 0 unspecified atom stereocenters. The van der Waals surface area contributed by atoms with Crippen molar-refractivity contribution >= 4 is 0 Å². The molecule has 3 nitrogen and oxygen atoms in total. The van der Waals surface area contributed by atoms with Crippen LogP contribution >= 0.6 is 0 Å². The lowest BCUT2D eigenvalue weighted by Crippen LogP contribution is -2.28. The lowest BCUT2D eigenvalue weighted by Gasteiger charge is -2.15. The number of rotatable bonds is 4. The van der Waals surface area contributed by atoms with Gasteiger partial charge in [0.1, 0.15) is 11.8 Å². The second-order valence-corrected chi connectivity index (χ2v) is 4.02. The first-order chi connectivity index (χ1) is 7.80. The maximum absolute atomic E-state index is 12.4. The minimum absolute atomic E-state index is 0.0213. The Labute approximate surface area is 97.7 Å². The van der Waals surface area contributed by atoms with Crippen LogP contribution in [0.4, 0.5) is 13.2 Å². The van der Waals surface area contributed by atoms with E-state index in [4.69, 9.17) is 0 Å². The third-order valence-electron chi connectivity index (χ3n) is 2.12. The van der Waals surface area contributed by atoms with E-state index in [1.165, 1.54) is 12.1 Å². The molecular formula is C11H15F3N2O. The summed E-state index contributed by atoms with van der Waals surface area (Å²) in [5.74, 6) is 0. The normalized spacial score (nSPS) is 14.1. The van der Waals surface area contributed by atoms with E-state index >= 15 is 0 Å². The SMILES string of the molecule is CC(C)NC[C@H](O)c1cccc(C(F)(F)F)n1. The molecule has 17 heavy (non-hydrogen) atoms. The molecule has 0 bridgehead atoms. The number of nitrogens with zero attached hydrogens (tertiary/aromatic N) is 1. The van der Waals surface area contributed by atoms with Crippen molar-refractivity contribution in [1.82, 2.24) is 10.3 Å². The van der Waals surface area contributed by atoms with Crippen molar-refractivity contribution in [2.24, 2.45) is 0 Å². The molecule has 0 aromatic carbocycles. The van der Waals surface area contributed by atoms with Crippen molar-refractivity contribution in [2.45, 2.75) is 32.2 Å². The predicted octanol–water partition coefficient (Wildman–Crippen LogP) is 2.13. The van der Waals surface area contributed by atoms with E-state index in [0.717, 1.165) is 6.07 Å². The van der Waals surface area contributed by atoms with Crippen LogP contribution in [0.3, 0.4) is 0 Å². The van der Waals surface area contributed by atoms with Crippen LogP contribution in [-0.2, 0) is 6.18 Å². The van der Waals surface area contributed by atoms with E-state index < -0.39 is 18.0 Å². The van der Waals surface area contributed by atoms with Gasteiger partial charge in [0.25, 0.3) is 0 Å². The van der Waals surface area contributed by atoms with Crippen molar-refractivity contribution in [1.29, 1.82) is 0 Å². The molecule has 1 rings (SSSR count). The quantitative estimate of drug-likeness (QED) is 0.858. The number of aliphatic hydroxyl groups is 1. The average molecular weight is 248 g/mol. The second-order valence-electron chi connectivity index (χ2n) is 4.02. The third kappa shape index (κ3) is 4.32. The van der Waals surface area contributed by atoms with Gasteiger partial charge in [0, 0.05) is 12.6 Å². The molecule has 6 heteroatoms.